The summed E-state index contributed by atoms with van der Waals surface area (Å²) in [6.07, 6.45) is 1.65. The molecule has 0 fully saturated rings. The van der Waals surface area contributed by atoms with Gasteiger partial charge in [-0.1, -0.05) is 27.5 Å². The fourth-order valence-electron chi connectivity index (χ4n) is 1.99. The number of rotatable bonds is 8. The van der Waals surface area contributed by atoms with Crippen LogP contribution in [0.3, 0.4) is 0 Å². The van der Waals surface area contributed by atoms with Crippen molar-refractivity contribution >= 4 is 27.5 Å². The van der Waals surface area contributed by atoms with Crippen molar-refractivity contribution in [3.8, 4) is 6.07 Å². The van der Waals surface area contributed by atoms with Crippen LogP contribution in [-0.2, 0) is 6.54 Å². The maximum atomic E-state index is 8.78. The minimum absolute atomic E-state index is 0.556. The molecule has 0 aromatic heterocycles. The van der Waals surface area contributed by atoms with Gasteiger partial charge in [0.05, 0.1) is 6.07 Å². The fraction of sp³-hybridized carbons (Fsp3) is 0.533. The largest absolute Gasteiger partial charge is 0.309 e. The molecule has 0 saturated heterocycles. The lowest BCUT2D eigenvalue weighted by atomic mass is 10.2. The third-order valence-electron chi connectivity index (χ3n) is 3.02. The number of hydrogen-bond donors (Lipinski definition) is 0. The van der Waals surface area contributed by atoms with E-state index in [2.05, 4.69) is 45.9 Å². The molecule has 0 saturated carbocycles. The van der Waals surface area contributed by atoms with Crippen molar-refractivity contribution in [1.82, 2.24) is 9.80 Å². The molecule has 0 heterocycles. The lowest BCUT2D eigenvalue weighted by molar-refractivity contribution is 0.252. The van der Waals surface area contributed by atoms with Gasteiger partial charge in [0.25, 0.3) is 0 Å². The van der Waals surface area contributed by atoms with Gasteiger partial charge >= 0.3 is 0 Å². The van der Waals surface area contributed by atoms with E-state index in [0.29, 0.717) is 6.42 Å². The van der Waals surface area contributed by atoms with Gasteiger partial charge in [-0.25, -0.2) is 0 Å². The molecule has 5 heteroatoms. The Kier molecular flexibility index (Phi) is 8.16. The smallest absolute Gasteiger partial charge is 0.0635 e. The summed E-state index contributed by atoms with van der Waals surface area (Å²) in [6, 6.07) is 8.05. The molecule has 0 amide bonds. The van der Waals surface area contributed by atoms with Gasteiger partial charge in [-0.15, -0.1) is 0 Å². The molecular weight excluding hydrogens is 338 g/mol. The summed E-state index contributed by atoms with van der Waals surface area (Å²) in [5.74, 6) is 0. The van der Waals surface area contributed by atoms with Crippen molar-refractivity contribution in [2.75, 3.05) is 33.7 Å². The van der Waals surface area contributed by atoms with E-state index in [-0.39, 0.29) is 0 Å². The number of nitriles is 1. The van der Waals surface area contributed by atoms with Crippen LogP contribution in [-0.4, -0.2) is 43.5 Å². The second-order valence-electron chi connectivity index (χ2n) is 5.08. The summed E-state index contributed by atoms with van der Waals surface area (Å²) >= 11 is 9.61. The van der Waals surface area contributed by atoms with Crippen molar-refractivity contribution in [3.05, 3.63) is 33.3 Å². The number of halogens is 2. The normalized spacial score (nSPS) is 11.1. The highest BCUT2D eigenvalue weighted by molar-refractivity contribution is 9.10. The van der Waals surface area contributed by atoms with E-state index in [1.165, 1.54) is 5.56 Å². The van der Waals surface area contributed by atoms with E-state index < -0.39 is 0 Å². The van der Waals surface area contributed by atoms with Crippen LogP contribution in [0.25, 0.3) is 0 Å². The summed E-state index contributed by atoms with van der Waals surface area (Å²) in [4.78, 5) is 4.49. The van der Waals surface area contributed by atoms with Gasteiger partial charge in [0.15, 0.2) is 0 Å². The first-order chi connectivity index (χ1) is 9.52. The highest BCUT2D eigenvalue weighted by Gasteiger charge is 2.09. The molecule has 3 nitrogen and oxygen atoms in total. The zero-order valence-electron chi connectivity index (χ0n) is 12.1. The van der Waals surface area contributed by atoms with Crippen LogP contribution in [0.2, 0.25) is 5.02 Å². The molecule has 0 spiro atoms. The van der Waals surface area contributed by atoms with Gasteiger partial charge in [0.2, 0.25) is 0 Å². The lowest BCUT2D eigenvalue weighted by Crippen LogP contribution is -2.28. The summed E-state index contributed by atoms with van der Waals surface area (Å²) in [7, 11) is 4.15. The molecule has 0 N–H and O–H groups in total. The predicted octanol–water partition coefficient (Wildman–Crippen LogP) is 3.77. The Morgan fingerprint density at radius 2 is 2.00 bits per heavy atom. The van der Waals surface area contributed by atoms with Crippen LogP contribution >= 0.6 is 27.5 Å². The molecule has 20 heavy (non-hydrogen) atoms. The van der Waals surface area contributed by atoms with Crippen molar-refractivity contribution in [2.45, 2.75) is 19.4 Å². The van der Waals surface area contributed by atoms with Crippen LogP contribution in [0.15, 0.2) is 22.7 Å². The van der Waals surface area contributed by atoms with Gasteiger partial charge < -0.3 is 4.90 Å². The van der Waals surface area contributed by atoms with Crippen molar-refractivity contribution in [3.63, 3.8) is 0 Å². The van der Waals surface area contributed by atoms with Gasteiger partial charge in [0.1, 0.15) is 0 Å². The Morgan fingerprint density at radius 1 is 1.25 bits per heavy atom. The second kappa shape index (κ2) is 9.36. The Bertz CT molecular complexity index is 457. The fourth-order valence-corrected chi connectivity index (χ4v) is 2.56. The first kappa shape index (κ1) is 17.5. The molecule has 0 aliphatic carbocycles. The second-order valence-corrected chi connectivity index (χ2v) is 6.37. The summed E-state index contributed by atoms with van der Waals surface area (Å²) in [5.41, 5.74) is 1.17. The van der Waals surface area contributed by atoms with Crippen LogP contribution in [0.1, 0.15) is 18.4 Å². The molecular formula is C15H21BrClN3. The zero-order chi connectivity index (χ0) is 15.0. The number of nitrogens with zero attached hydrogens (tertiary/aromatic N) is 3. The standard InChI is InChI=1S/C15H21BrClN3/c1-19(2)8-4-10-20(9-3-7-18)12-13-11-14(17)5-6-15(13)16/h5-6,11H,3-4,8-10,12H2,1-2H3. The molecule has 1 rings (SSSR count). The molecule has 0 atom stereocenters. The first-order valence-corrected chi connectivity index (χ1v) is 7.88. The Morgan fingerprint density at radius 3 is 2.65 bits per heavy atom. The molecule has 0 radical (unpaired) electrons. The minimum atomic E-state index is 0.556. The predicted molar refractivity (Wildman–Crippen MR) is 87.8 cm³/mol. The molecule has 0 bridgehead atoms. The number of hydrogen-bond acceptors (Lipinski definition) is 3. The Balaban J connectivity index is 2.63. The summed E-state index contributed by atoms with van der Waals surface area (Å²) < 4.78 is 1.07. The maximum absolute atomic E-state index is 8.78. The van der Waals surface area contributed by atoms with Gasteiger partial charge in [-0.2, -0.15) is 5.26 Å². The molecule has 0 unspecified atom stereocenters. The van der Waals surface area contributed by atoms with Crippen LogP contribution in [0, 0.1) is 11.3 Å². The van der Waals surface area contributed by atoms with Gasteiger partial charge in [-0.05, 0) is 57.4 Å². The quantitative estimate of drug-likeness (QED) is 0.708. The molecule has 110 valence electrons. The van der Waals surface area contributed by atoms with Crippen LogP contribution < -0.4 is 0 Å². The van der Waals surface area contributed by atoms with E-state index in [1.54, 1.807) is 0 Å². The average molecular weight is 359 g/mol. The van der Waals surface area contributed by atoms with Crippen LogP contribution in [0.4, 0.5) is 0 Å². The SMILES string of the molecule is CN(C)CCCN(CCC#N)Cc1cc(Cl)ccc1Br. The third-order valence-corrected chi connectivity index (χ3v) is 4.03. The van der Waals surface area contributed by atoms with Crippen molar-refractivity contribution in [1.29, 1.82) is 5.26 Å². The Labute approximate surface area is 135 Å². The van der Waals surface area contributed by atoms with Crippen molar-refractivity contribution < 1.29 is 0 Å². The summed E-state index contributed by atoms with van der Waals surface area (Å²) in [5, 5.41) is 9.53. The van der Waals surface area contributed by atoms with E-state index >= 15 is 0 Å². The van der Waals surface area contributed by atoms with E-state index in [0.717, 1.165) is 42.1 Å². The third kappa shape index (κ3) is 6.71. The highest BCUT2D eigenvalue weighted by Crippen LogP contribution is 2.22. The molecule has 0 aliphatic heterocycles. The van der Waals surface area contributed by atoms with Crippen LogP contribution in [0.5, 0.6) is 0 Å². The highest BCUT2D eigenvalue weighted by atomic mass is 79.9. The summed E-state index contributed by atoms with van der Waals surface area (Å²) in [6.45, 7) is 3.65. The maximum Gasteiger partial charge on any atom is 0.0635 e. The van der Waals surface area contributed by atoms with Crippen molar-refractivity contribution in [2.24, 2.45) is 0 Å². The topological polar surface area (TPSA) is 30.3 Å². The Hall–Kier alpha value is -0.600. The van der Waals surface area contributed by atoms with Gasteiger partial charge in [0, 0.05) is 29.0 Å². The first-order valence-electron chi connectivity index (χ1n) is 6.71. The number of benzene rings is 1. The van der Waals surface area contributed by atoms with Gasteiger partial charge in [-0.3, -0.25) is 4.90 Å². The molecule has 0 aliphatic rings. The minimum Gasteiger partial charge on any atom is -0.309 e. The van der Waals surface area contributed by atoms with E-state index in [4.69, 9.17) is 16.9 Å². The average Bonchev–Trinajstić information content (AvgIpc) is 2.39. The van der Waals surface area contributed by atoms with E-state index in [1.807, 2.05) is 18.2 Å². The zero-order valence-corrected chi connectivity index (χ0v) is 14.4. The monoisotopic (exact) mass is 357 g/mol. The molecule has 1 aromatic rings. The molecule has 1 aromatic carbocycles. The lowest BCUT2D eigenvalue weighted by Gasteiger charge is -2.23. The van der Waals surface area contributed by atoms with E-state index in [9.17, 15) is 0 Å².